The smallest absolute Gasteiger partial charge is 0.236 e. The summed E-state index contributed by atoms with van der Waals surface area (Å²) in [5.74, 6) is 0.247. The number of carbonyl (C=O) groups excluding carboxylic acids is 1. The maximum atomic E-state index is 11.9. The number of aromatic nitrogens is 5. The second-order valence-corrected chi connectivity index (χ2v) is 7.24. The van der Waals surface area contributed by atoms with E-state index in [0.717, 1.165) is 16.9 Å². The predicted octanol–water partition coefficient (Wildman–Crippen LogP) is 1.79. The highest BCUT2D eigenvalue weighted by molar-refractivity contribution is 5.79. The molecule has 0 aromatic carbocycles. The molecule has 0 unspecified atom stereocenters. The van der Waals surface area contributed by atoms with Crippen molar-refractivity contribution < 1.29 is 4.79 Å². The number of likely N-dealkylation sites (tertiary alicyclic amines) is 1. The maximum absolute atomic E-state index is 11.9. The lowest BCUT2D eigenvalue weighted by Gasteiger charge is -2.49. The normalized spacial score (nSPS) is 14.4. The van der Waals surface area contributed by atoms with Crippen molar-refractivity contribution in [2.45, 2.75) is 18.4 Å². The van der Waals surface area contributed by atoms with Gasteiger partial charge in [-0.3, -0.25) is 9.48 Å². The highest BCUT2D eigenvalue weighted by atomic mass is 16.2. The van der Waals surface area contributed by atoms with Crippen LogP contribution in [0.2, 0.25) is 0 Å². The minimum Gasteiger partial charge on any atom is -0.343 e. The SMILES string of the molecule is Cn1cc(Nc2nccc(-c3ccn(C4(CC#N)CN(C(=O)CC#N)C4)c3)n2)cn1. The van der Waals surface area contributed by atoms with Gasteiger partial charge in [0.25, 0.3) is 0 Å². The van der Waals surface area contributed by atoms with Crippen LogP contribution >= 0.6 is 0 Å². The van der Waals surface area contributed by atoms with Gasteiger partial charge in [0.15, 0.2) is 0 Å². The molecule has 4 heterocycles. The molecule has 1 fully saturated rings. The second-order valence-electron chi connectivity index (χ2n) is 7.24. The van der Waals surface area contributed by atoms with Crippen molar-refractivity contribution in [3.05, 3.63) is 43.1 Å². The zero-order valence-electron chi connectivity index (χ0n) is 16.4. The molecule has 10 nitrogen and oxygen atoms in total. The molecule has 30 heavy (non-hydrogen) atoms. The van der Waals surface area contributed by atoms with Gasteiger partial charge < -0.3 is 14.8 Å². The van der Waals surface area contributed by atoms with Crippen molar-refractivity contribution in [3.8, 4) is 23.4 Å². The standard InChI is InChI=1S/C20H19N9O/c1-27-12-16(10-24-27)25-19-23-8-3-17(26-19)15-4-9-29(11-15)20(5-7-22)13-28(14-20)18(30)2-6-21/h3-4,8-12H,2,5,13-14H2,1H3,(H,23,25,26). The first kappa shape index (κ1) is 19.2. The van der Waals surface area contributed by atoms with Crippen LogP contribution in [0.3, 0.4) is 0 Å². The third-order valence-corrected chi connectivity index (χ3v) is 5.11. The van der Waals surface area contributed by atoms with Gasteiger partial charge in [-0.2, -0.15) is 15.6 Å². The van der Waals surface area contributed by atoms with Gasteiger partial charge in [-0.1, -0.05) is 0 Å². The quantitative estimate of drug-likeness (QED) is 0.666. The average molecular weight is 401 g/mol. The van der Waals surface area contributed by atoms with E-state index in [-0.39, 0.29) is 18.7 Å². The number of hydrogen-bond donors (Lipinski definition) is 1. The van der Waals surface area contributed by atoms with E-state index < -0.39 is 5.54 Å². The van der Waals surface area contributed by atoms with Gasteiger partial charge in [0.05, 0.1) is 41.7 Å². The Labute approximate surface area is 173 Å². The van der Waals surface area contributed by atoms with E-state index in [9.17, 15) is 10.1 Å². The van der Waals surface area contributed by atoms with Gasteiger partial charge in [0.1, 0.15) is 6.42 Å². The number of hydrogen-bond acceptors (Lipinski definition) is 7. The monoisotopic (exact) mass is 401 g/mol. The lowest BCUT2D eigenvalue weighted by atomic mass is 9.86. The van der Waals surface area contributed by atoms with Crippen molar-refractivity contribution >= 4 is 17.5 Å². The van der Waals surface area contributed by atoms with Gasteiger partial charge in [0.2, 0.25) is 11.9 Å². The molecule has 0 saturated carbocycles. The van der Waals surface area contributed by atoms with Crippen LogP contribution in [0.1, 0.15) is 12.8 Å². The van der Waals surface area contributed by atoms with E-state index in [4.69, 9.17) is 5.26 Å². The molecular formula is C20H19N9O. The fourth-order valence-electron chi connectivity index (χ4n) is 3.57. The summed E-state index contributed by atoms with van der Waals surface area (Å²) in [5, 5.41) is 25.3. The Balaban J connectivity index is 1.53. The maximum Gasteiger partial charge on any atom is 0.236 e. The Morgan fingerprint density at radius 3 is 2.80 bits per heavy atom. The highest BCUT2D eigenvalue weighted by Gasteiger charge is 2.46. The van der Waals surface area contributed by atoms with Gasteiger partial charge in [-0.15, -0.1) is 0 Å². The number of nitriles is 2. The first-order valence-electron chi connectivity index (χ1n) is 9.32. The van der Waals surface area contributed by atoms with Crippen LogP contribution in [0.4, 0.5) is 11.6 Å². The van der Waals surface area contributed by atoms with Crippen LogP contribution in [-0.4, -0.2) is 48.2 Å². The molecule has 10 heteroatoms. The van der Waals surface area contributed by atoms with E-state index in [0.29, 0.717) is 19.0 Å². The van der Waals surface area contributed by atoms with E-state index in [1.807, 2.05) is 48.4 Å². The summed E-state index contributed by atoms with van der Waals surface area (Å²) in [4.78, 5) is 22.4. The number of anilines is 2. The molecule has 0 spiro atoms. The van der Waals surface area contributed by atoms with Crippen molar-refractivity contribution in [1.82, 2.24) is 29.2 Å². The molecule has 3 aromatic heterocycles. The van der Waals surface area contributed by atoms with Crippen LogP contribution in [0.5, 0.6) is 0 Å². The number of nitrogens with zero attached hydrogens (tertiary/aromatic N) is 8. The summed E-state index contributed by atoms with van der Waals surface area (Å²) < 4.78 is 3.66. The molecule has 1 amide bonds. The number of aryl methyl sites for hydroxylation is 1. The second kappa shape index (κ2) is 7.68. The summed E-state index contributed by atoms with van der Waals surface area (Å²) in [6.07, 6.45) is 9.15. The summed E-state index contributed by atoms with van der Waals surface area (Å²) in [5.41, 5.74) is 1.92. The van der Waals surface area contributed by atoms with Crippen LogP contribution < -0.4 is 5.32 Å². The molecule has 1 N–H and O–H groups in total. The topological polar surface area (TPSA) is 128 Å². The van der Waals surface area contributed by atoms with E-state index in [1.165, 1.54) is 0 Å². The first-order chi connectivity index (χ1) is 14.5. The van der Waals surface area contributed by atoms with Crippen LogP contribution in [0, 0.1) is 22.7 Å². The van der Waals surface area contributed by atoms with E-state index >= 15 is 0 Å². The van der Waals surface area contributed by atoms with Crippen molar-refractivity contribution in [1.29, 1.82) is 10.5 Å². The lowest BCUT2D eigenvalue weighted by Crippen LogP contribution is -2.63. The third kappa shape index (κ3) is 3.59. The predicted molar refractivity (Wildman–Crippen MR) is 107 cm³/mol. The molecule has 1 saturated heterocycles. The Kier molecular flexibility index (Phi) is 4.90. The average Bonchev–Trinajstić information content (AvgIpc) is 3.34. The molecule has 1 aliphatic rings. The zero-order chi connectivity index (χ0) is 21.1. The molecule has 0 radical (unpaired) electrons. The zero-order valence-corrected chi connectivity index (χ0v) is 16.4. The largest absolute Gasteiger partial charge is 0.343 e. The molecule has 150 valence electrons. The summed E-state index contributed by atoms with van der Waals surface area (Å²) >= 11 is 0. The number of rotatable bonds is 6. The molecule has 3 aromatic rings. The van der Waals surface area contributed by atoms with Gasteiger partial charge in [-0.25, -0.2) is 9.97 Å². The Morgan fingerprint density at radius 2 is 2.10 bits per heavy atom. The van der Waals surface area contributed by atoms with Gasteiger partial charge >= 0.3 is 0 Å². The van der Waals surface area contributed by atoms with Crippen molar-refractivity contribution in [2.75, 3.05) is 18.4 Å². The first-order valence-corrected chi connectivity index (χ1v) is 9.32. The molecule has 1 aliphatic heterocycles. The minimum atomic E-state index is -0.484. The Morgan fingerprint density at radius 1 is 1.27 bits per heavy atom. The Bertz CT molecular complexity index is 1160. The fourth-order valence-corrected chi connectivity index (χ4v) is 3.57. The van der Waals surface area contributed by atoms with E-state index in [2.05, 4.69) is 26.5 Å². The minimum absolute atomic E-state index is 0.146. The summed E-state index contributed by atoms with van der Waals surface area (Å²) in [7, 11) is 1.83. The molecule has 0 bridgehead atoms. The van der Waals surface area contributed by atoms with Gasteiger partial charge in [-0.05, 0) is 12.1 Å². The van der Waals surface area contributed by atoms with Crippen LogP contribution in [0.15, 0.2) is 43.1 Å². The number of carbonyl (C=O) groups is 1. The summed E-state index contributed by atoms with van der Waals surface area (Å²) in [6, 6.07) is 7.84. The fraction of sp³-hybridized carbons (Fsp3) is 0.300. The third-order valence-electron chi connectivity index (χ3n) is 5.11. The van der Waals surface area contributed by atoms with Crippen molar-refractivity contribution in [2.24, 2.45) is 7.05 Å². The number of nitrogens with one attached hydrogen (secondary N) is 1. The number of amides is 1. The highest BCUT2D eigenvalue weighted by Crippen LogP contribution is 2.34. The molecule has 0 aliphatic carbocycles. The molecule has 4 rings (SSSR count). The van der Waals surface area contributed by atoms with E-state index in [1.54, 1.807) is 22.0 Å². The van der Waals surface area contributed by atoms with Crippen molar-refractivity contribution in [3.63, 3.8) is 0 Å². The molecule has 0 atom stereocenters. The Hall–Kier alpha value is -4.18. The lowest BCUT2D eigenvalue weighted by molar-refractivity contribution is -0.140. The molecular weight excluding hydrogens is 382 g/mol. The summed E-state index contributed by atoms with van der Waals surface area (Å²) in [6.45, 7) is 0.819. The van der Waals surface area contributed by atoms with Crippen LogP contribution in [0.25, 0.3) is 11.3 Å². The van der Waals surface area contributed by atoms with Gasteiger partial charge in [0, 0.05) is 50.5 Å². The van der Waals surface area contributed by atoms with Crippen LogP contribution in [-0.2, 0) is 17.4 Å².